The Bertz CT molecular complexity index is 938. The normalized spacial score (nSPS) is 15.6. The summed E-state index contributed by atoms with van der Waals surface area (Å²) in [6, 6.07) is 1.73. The van der Waals surface area contributed by atoms with E-state index >= 15 is 0 Å². The van der Waals surface area contributed by atoms with Crippen molar-refractivity contribution in [2.24, 2.45) is 5.92 Å². The van der Waals surface area contributed by atoms with E-state index in [2.05, 4.69) is 15.3 Å². The molecular formula is C18H24N4O3. The molecule has 1 aliphatic rings. The highest BCUT2D eigenvalue weighted by atomic mass is 16.2. The zero-order valence-corrected chi connectivity index (χ0v) is 15.0. The van der Waals surface area contributed by atoms with Gasteiger partial charge in [0.15, 0.2) is 5.65 Å². The molecule has 1 fully saturated rings. The third kappa shape index (κ3) is 3.23. The summed E-state index contributed by atoms with van der Waals surface area (Å²) in [5.74, 6) is 0.283. The maximum absolute atomic E-state index is 12.8. The number of pyridine rings is 1. The summed E-state index contributed by atoms with van der Waals surface area (Å²) in [5.41, 5.74) is 0.156. The van der Waals surface area contributed by atoms with E-state index in [9.17, 15) is 14.4 Å². The van der Waals surface area contributed by atoms with Gasteiger partial charge in [-0.2, -0.15) is 0 Å². The average molecular weight is 344 g/mol. The minimum absolute atomic E-state index is 0.0642. The van der Waals surface area contributed by atoms with Crippen molar-refractivity contribution in [1.29, 1.82) is 0 Å². The summed E-state index contributed by atoms with van der Waals surface area (Å²) >= 11 is 0. The molecule has 0 saturated heterocycles. The first-order valence-electron chi connectivity index (χ1n) is 8.82. The summed E-state index contributed by atoms with van der Waals surface area (Å²) in [6.45, 7) is 8.07. The van der Waals surface area contributed by atoms with Crippen LogP contribution in [0.4, 0.5) is 0 Å². The van der Waals surface area contributed by atoms with Crippen molar-refractivity contribution in [3.63, 3.8) is 0 Å². The number of aryl methyl sites for hydroxylation is 1. The van der Waals surface area contributed by atoms with E-state index in [-0.39, 0.29) is 34.5 Å². The van der Waals surface area contributed by atoms with E-state index in [0.29, 0.717) is 18.2 Å². The fraction of sp³-hybridized carbons (Fsp3) is 0.556. The van der Waals surface area contributed by atoms with Gasteiger partial charge in [0.05, 0.1) is 10.9 Å². The number of carbonyl (C=O) groups is 1. The molecule has 25 heavy (non-hydrogen) atoms. The van der Waals surface area contributed by atoms with Gasteiger partial charge in [0, 0.05) is 18.3 Å². The van der Waals surface area contributed by atoms with Crippen LogP contribution >= 0.6 is 0 Å². The first kappa shape index (κ1) is 17.4. The number of hydrogen-bond acceptors (Lipinski definition) is 4. The minimum Gasteiger partial charge on any atom is -0.349 e. The lowest BCUT2D eigenvalue weighted by Gasteiger charge is -2.16. The Kier molecular flexibility index (Phi) is 4.49. The Morgan fingerprint density at radius 2 is 2.04 bits per heavy atom. The molecule has 0 aromatic carbocycles. The van der Waals surface area contributed by atoms with E-state index in [1.165, 1.54) is 4.57 Å². The predicted octanol–water partition coefficient (Wildman–Crippen LogP) is 1.76. The number of nitrogens with one attached hydrogen (secondary N) is 2. The second-order valence-corrected chi connectivity index (χ2v) is 7.05. The molecule has 1 atom stereocenters. The quantitative estimate of drug-likeness (QED) is 0.863. The first-order chi connectivity index (χ1) is 11.8. The topological polar surface area (TPSA) is 96.9 Å². The second kappa shape index (κ2) is 6.46. The molecule has 1 amide bonds. The van der Waals surface area contributed by atoms with E-state index in [1.54, 1.807) is 13.0 Å². The molecule has 7 heteroatoms. The SMILES string of the molecule is CCn1c(=O)[nH]c(=O)c2c(C(=O)NC(C)C3CC3)cc(C(C)C)nc21. The van der Waals surface area contributed by atoms with E-state index in [4.69, 9.17) is 0 Å². The van der Waals surface area contributed by atoms with Crippen molar-refractivity contribution in [2.45, 2.75) is 59.0 Å². The number of carbonyl (C=O) groups excluding carboxylic acids is 1. The second-order valence-electron chi connectivity index (χ2n) is 7.05. The predicted molar refractivity (Wildman–Crippen MR) is 96.0 cm³/mol. The number of fused-ring (bicyclic) bond motifs is 1. The molecule has 1 saturated carbocycles. The highest BCUT2D eigenvalue weighted by molar-refractivity contribution is 6.05. The number of aromatic amines is 1. The highest BCUT2D eigenvalue weighted by Gasteiger charge is 2.30. The third-order valence-electron chi connectivity index (χ3n) is 4.81. The lowest BCUT2D eigenvalue weighted by Crippen LogP contribution is -2.36. The first-order valence-corrected chi connectivity index (χ1v) is 8.82. The Balaban J connectivity index is 2.23. The van der Waals surface area contributed by atoms with Crippen molar-refractivity contribution in [2.75, 3.05) is 0 Å². The van der Waals surface area contributed by atoms with Crippen molar-refractivity contribution in [1.82, 2.24) is 19.9 Å². The van der Waals surface area contributed by atoms with Gasteiger partial charge in [-0.15, -0.1) is 0 Å². The van der Waals surface area contributed by atoms with Gasteiger partial charge in [-0.3, -0.25) is 19.1 Å². The molecule has 0 radical (unpaired) electrons. The fourth-order valence-corrected chi connectivity index (χ4v) is 3.06. The van der Waals surface area contributed by atoms with Crippen molar-refractivity contribution in [3.05, 3.63) is 38.2 Å². The summed E-state index contributed by atoms with van der Waals surface area (Å²) < 4.78 is 1.39. The number of rotatable bonds is 5. The van der Waals surface area contributed by atoms with Gasteiger partial charge >= 0.3 is 5.69 Å². The molecule has 134 valence electrons. The van der Waals surface area contributed by atoms with Gasteiger partial charge in [-0.1, -0.05) is 13.8 Å². The van der Waals surface area contributed by atoms with Crippen LogP contribution < -0.4 is 16.6 Å². The van der Waals surface area contributed by atoms with Crippen LogP contribution in [-0.4, -0.2) is 26.5 Å². The number of nitrogens with zero attached hydrogens (tertiary/aromatic N) is 2. The molecular weight excluding hydrogens is 320 g/mol. The van der Waals surface area contributed by atoms with Gasteiger partial charge in [0.1, 0.15) is 0 Å². The molecule has 0 aliphatic heterocycles. The number of aromatic nitrogens is 3. The maximum atomic E-state index is 12.8. The monoisotopic (exact) mass is 344 g/mol. The summed E-state index contributed by atoms with van der Waals surface area (Å²) in [4.78, 5) is 44.1. The Morgan fingerprint density at radius 1 is 1.36 bits per heavy atom. The van der Waals surface area contributed by atoms with Crippen LogP contribution in [0.15, 0.2) is 15.7 Å². The molecule has 1 aliphatic carbocycles. The Labute approximate surface area is 145 Å². The zero-order chi connectivity index (χ0) is 18.3. The number of amides is 1. The Hall–Kier alpha value is -2.44. The van der Waals surface area contributed by atoms with Crippen LogP contribution in [0.5, 0.6) is 0 Å². The van der Waals surface area contributed by atoms with E-state index < -0.39 is 11.2 Å². The van der Waals surface area contributed by atoms with Crippen LogP contribution in [0.25, 0.3) is 11.0 Å². The molecule has 0 bridgehead atoms. The number of H-pyrrole nitrogens is 1. The summed E-state index contributed by atoms with van der Waals surface area (Å²) in [6.07, 6.45) is 2.23. The summed E-state index contributed by atoms with van der Waals surface area (Å²) in [5, 5.41) is 3.16. The lowest BCUT2D eigenvalue weighted by molar-refractivity contribution is 0.0937. The molecule has 3 rings (SSSR count). The van der Waals surface area contributed by atoms with Gasteiger partial charge in [-0.25, -0.2) is 9.78 Å². The van der Waals surface area contributed by atoms with E-state index in [0.717, 1.165) is 12.8 Å². The number of hydrogen-bond donors (Lipinski definition) is 2. The zero-order valence-electron chi connectivity index (χ0n) is 15.0. The highest BCUT2D eigenvalue weighted by Crippen LogP contribution is 2.32. The van der Waals surface area contributed by atoms with Gasteiger partial charge < -0.3 is 5.32 Å². The molecule has 2 N–H and O–H groups in total. The molecule has 2 heterocycles. The lowest BCUT2D eigenvalue weighted by atomic mass is 10.0. The summed E-state index contributed by atoms with van der Waals surface area (Å²) in [7, 11) is 0. The van der Waals surface area contributed by atoms with Crippen LogP contribution in [0.1, 0.15) is 62.5 Å². The van der Waals surface area contributed by atoms with Crippen LogP contribution in [0, 0.1) is 5.92 Å². The minimum atomic E-state index is -0.572. The van der Waals surface area contributed by atoms with Crippen LogP contribution in [0.2, 0.25) is 0 Å². The largest absolute Gasteiger partial charge is 0.349 e. The maximum Gasteiger partial charge on any atom is 0.329 e. The molecule has 0 spiro atoms. The van der Waals surface area contributed by atoms with Gasteiger partial charge in [0.2, 0.25) is 0 Å². The van der Waals surface area contributed by atoms with Crippen molar-refractivity contribution in [3.8, 4) is 0 Å². The van der Waals surface area contributed by atoms with Crippen LogP contribution in [-0.2, 0) is 6.54 Å². The molecule has 2 aromatic heterocycles. The smallest absolute Gasteiger partial charge is 0.329 e. The Morgan fingerprint density at radius 3 is 2.60 bits per heavy atom. The van der Waals surface area contributed by atoms with Gasteiger partial charge in [0.25, 0.3) is 11.5 Å². The van der Waals surface area contributed by atoms with Crippen LogP contribution in [0.3, 0.4) is 0 Å². The standard InChI is InChI=1S/C18H24N4O3/c1-5-22-15-14(17(24)21-18(22)25)12(8-13(20-15)9(2)3)16(23)19-10(4)11-6-7-11/h8-11H,5-7H2,1-4H3,(H,19,23)(H,21,24,25). The van der Waals surface area contributed by atoms with E-state index in [1.807, 2.05) is 20.8 Å². The molecule has 7 nitrogen and oxygen atoms in total. The van der Waals surface area contributed by atoms with Crippen molar-refractivity contribution < 1.29 is 4.79 Å². The molecule has 2 aromatic rings. The average Bonchev–Trinajstić information content (AvgIpc) is 3.38. The van der Waals surface area contributed by atoms with Gasteiger partial charge in [-0.05, 0) is 44.6 Å². The molecule has 1 unspecified atom stereocenters. The van der Waals surface area contributed by atoms with Crippen molar-refractivity contribution >= 4 is 16.9 Å². The fourth-order valence-electron chi connectivity index (χ4n) is 3.06. The third-order valence-corrected chi connectivity index (χ3v) is 4.81.